The van der Waals surface area contributed by atoms with Crippen molar-refractivity contribution in [1.82, 2.24) is 4.98 Å². The van der Waals surface area contributed by atoms with Gasteiger partial charge in [-0.3, -0.25) is 9.59 Å². The number of amides is 2. The fraction of sp³-hybridized carbons (Fsp3) is 0.160. The highest BCUT2D eigenvalue weighted by Crippen LogP contribution is 2.49. The fourth-order valence-electron chi connectivity index (χ4n) is 4.65. The van der Waals surface area contributed by atoms with Gasteiger partial charge in [-0.15, -0.1) is 0 Å². The molecule has 0 spiro atoms. The molecular formula is C25H20N2O2. The number of benzene rings is 2. The van der Waals surface area contributed by atoms with Gasteiger partial charge in [-0.05, 0) is 23.3 Å². The Bertz CT molecular complexity index is 996. The summed E-state index contributed by atoms with van der Waals surface area (Å²) in [5, 5.41) is 0. The zero-order chi connectivity index (χ0) is 19.8. The molecule has 0 N–H and O–H groups in total. The number of carbonyl (C=O) groups excluding carboxylic acids is 2. The van der Waals surface area contributed by atoms with E-state index in [1.807, 2.05) is 60.7 Å². The molecule has 4 nitrogen and oxygen atoms in total. The number of pyridine rings is 1. The van der Waals surface area contributed by atoms with Crippen molar-refractivity contribution in [3.63, 3.8) is 0 Å². The maximum Gasteiger partial charge on any atom is 0.239 e. The van der Waals surface area contributed by atoms with E-state index in [9.17, 15) is 9.59 Å². The maximum absolute atomic E-state index is 13.5. The van der Waals surface area contributed by atoms with Crippen molar-refractivity contribution in [2.75, 3.05) is 4.90 Å². The fourth-order valence-corrected chi connectivity index (χ4v) is 4.65. The molecule has 1 aliphatic heterocycles. The van der Waals surface area contributed by atoms with Crippen LogP contribution in [0.3, 0.4) is 0 Å². The third kappa shape index (κ3) is 2.88. The van der Waals surface area contributed by atoms with Crippen LogP contribution in [0, 0.1) is 11.8 Å². The Balaban J connectivity index is 1.64. The number of fused-ring (bicyclic) bond motifs is 1. The highest BCUT2D eigenvalue weighted by Gasteiger charge is 2.55. The minimum atomic E-state index is -0.442. The van der Waals surface area contributed by atoms with Crippen molar-refractivity contribution in [3.8, 4) is 0 Å². The summed E-state index contributed by atoms with van der Waals surface area (Å²) in [6.45, 7) is 0. The Hall–Kier alpha value is -3.53. The van der Waals surface area contributed by atoms with Crippen LogP contribution in [0.5, 0.6) is 0 Å². The van der Waals surface area contributed by atoms with E-state index < -0.39 is 11.8 Å². The molecule has 4 atom stereocenters. The van der Waals surface area contributed by atoms with Gasteiger partial charge in [0, 0.05) is 18.0 Å². The van der Waals surface area contributed by atoms with Crippen LogP contribution in [0.1, 0.15) is 23.0 Å². The Labute approximate surface area is 169 Å². The third-order valence-corrected chi connectivity index (χ3v) is 5.94. The summed E-state index contributed by atoms with van der Waals surface area (Å²) in [7, 11) is 0. The van der Waals surface area contributed by atoms with Gasteiger partial charge in [-0.2, -0.15) is 0 Å². The summed E-state index contributed by atoms with van der Waals surface area (Å²) in [4.78, 5) is 32.6. The largest absolute Gasteiger partial charge is 0.274 e. The molecule has 1 saturated heterocycles. The molecule has 2 heterocycles. The monoisotopic (exact) mass is 380 g/mol. The average Bonchev–Trinajstić information content (AvgIpc) is 3.06. The van der Waals surface area contributed by atoms with Crippen LogP contribution in [0.2, 0.25) is 0 Å². The Morgan fingerprint density at radius 1 is 0.621 bits per heavy atom. The van der Waals surface area contributed by atoms with Gasteiger partial charge in [0.25, 0.3) is 0 Å². The second kappa shape index (κ2) is 7.13. The first-order valence-corrected chi connectivity index (χ1v) is 9.83. The Morgan fingerprint density at radius 2 is 1.10 bits per heavy atom. The van der Waals surface area contributed by atoms with Crippen LogP contribution in [-0.4, -0.2) is 16.8 Å². The van der Waals surface area contributed by atoms with Crippen LogP contribution in [-0.2, 0) is 9.59 Å². The average molecular weight is 380 g/mol. The smallest absolute Gasteiger partial charge is 0.239 e. The second-order valence-electron chi connectivity index (χ2n) is 7.51. The van der Waals surface area contributed by atoms with Gasteiger partial charge in [-0.1, -0.05) is 78.9 Å². The summed E-state index contributed by atoms with van der Waals surface area (Å²) >= 11 is 0. The first-order chi connectivity index (χ1) is 14.3. The molecule has 1 fully saturated rings. The topological polar surface area (TPSA) is 50.3 Å². The van der Waals surface area contributed by atoms with Gasteiger partial charge in [0.2, 0.25) is 11.8 Å². The van der Waals surface area contributed by atoms with Crippen molar-refractivity contribution < 1.29 is 9.59 Å². The van der Waals surface area contributed by atoms with Crippen molar-refractivity contribution in [1.29, 1.82) is 0 Å². The molecule has 2 aromatic carbocycles. The lowest BCUT2D eigenvalue weighted by atomic mass is 9.68. The molecular weight excluding hydrogens is 360 g/mol. The van der Waals surface area contributed by atoms with Crippen LogP contribution < -0.4 is 4.90 Å². The van der Waals surface area contributed by atoms with Crippen molar-refractivity contribution in [2.45, 2.75) is 11.8 Å². The van der Waals surface area contributed by atoms with Crippen LogP contribution in [0.25, 0.3) is 0 Å². The lowest BCUT2D eigenvalue weighted by Crippen LogP contribution is -2.32. The van der Waals surface area contributed by atoms with Gasteiger partial charge in [0.05, 0.1) is 11.8 Å². The minimum Gasteiger partial charge on any atom is -0.274 e. The van der Waals surface area contributed by atoms with Crippen molar-refractivity contribution in [3.05, 3.63) is 108 Å². The second-order valence-corrected chi connectivity index (χ2v) is 7.51. The summed E-state index contributed by atoms with van der Waals surface area (Å²) < 4.78 is 0. The number of hydrogen-bond donors (Lipinski definition) is 0. The Morgan fingerprint density at radius 3 is 1.55 bits per heavy atom. The lowest BCUT2D eigenvalue weighted by molar-refractivity contribution is -0.122. The molecule has 1 aliphatic carbocycles. The van der Waals surface area contributed by atoms with E-state index in [1.54, 1.807) is 24.4 Å². The number of aromatic nitrogens is 1. The SMILES string of the molecule is O=C1[C@H]2[C@H](C(=O)N1c1ccccn1)[C@@H](c1ccccc1)C=C[C@@H]2c1ccccc1. The lowest BCUT2D eigenvalue weighted by Gasteiger charge is -2.32. The van der Waals surface area contributed by atoms with Crippen LogP contribution in [0.15, 0.2) is 97.2 Å². The van der Waals surface area contributed by atoms with Gasteiger partial charge in [0.1, 0.15) is 5.82 Å². The maximum atomic E-state index is 13.5. The zero-order valence-corrected chi connectivity index (χ0v) is 15.8. The van der Waals surface area contributed by atoms with E-state index in [0.29, 0.717) is 5.82 Å². The van der Waals surface area contributed by atoms with E-state index in [2.05, 4.69) is 17.1 Å². The van der Waals surface area contributed by atoms with Gasteiger partial charge in [-0.25, -0.2) is 9.88 Å². The van der Waals surface area contributed by atoms with E-state index in [0.717, 1.165) is 11.1 Å². The molecule has 0 radical (unpaired) electrons. The first-order valence-electron chi connectivity index (χ1n) is 9.83. The molecule has 5 rings (SSSR count). The normalized spacial score (nSPS) is 25.9. The number of imide groups is 1. The molecule has 2 aliphatic rings. The minimum absolute atomic E-state index is 0.133. The Kier molecular flexibility index (Phi) is 4.32. The van der Waals surface area contributed by atoms with E-state index in [-0.39, 0.29) is 23.7 Å². The first kappa shape index (κ1) is 17.6. The van der Waals surface area contributed by atoms with E-state index in [4.69, 9.17) is 0 Å². The standard InChI is InChI=1S/C25H20N2O2/c28-24-22-19(17-9-3-1-4-10-17)14-15-20(18-11-5-2-6-12-18)23(22)25(29)27(24)21-13-7-8-16-26-21/h1-16,19-20,22-23H/t19-,20-,22-,23-/m1/s1. The summed E-state index contributed by atoms with van der Waals surface area (Å²) in [5.74, 6) is -1.09. The molecule has 2 amide bonds. The summed E-state index contributed by atoms with van der Waals surface area (Å²) in [6, 6.07) is 25.2. The molecule has 29 heavy (non-hydrogen) atoms. The number of rotatable bonds is 3. The molecule has 0 saturated carbocycles. The molecule has 142 valence electrons. The molecule has 4 heteroatoms. The number of anilines is 1. The summed E-state index contributed by atoms with van der Waals surface area (Å²) in [6.07, 6.45) is 5.81. The van der Waals surface area contributed by atoms with Gasteiger partial charge in [0.15, 0.2) is 0 Å². The number of allylic oxidation sites excluding steroid dienone is 2. The predicted octanol–water partition coefficient (Wildman–Crippen LogP) is 4.32. The quantitative estimate of drug-likeness (QED) is 0.502. The van der Waals surface area contributed by atoms with Crippen molar-refractivity contribution >= 4 is 17.6 Å². The molecule has 3 aromatic rings. The van der Waals surface area contributed by atoms with Crippen LogP contribution >= 0.6 is 0 Å². The zero-order valence-electron chi connectivity index (χ0n) is 15.8. The molecule has 0 unspecified atom stereocenters. The van der Waals surface area contributed by atoms with E-state index >= 15 is 0 Å². The predicted molar refractivity (Wildman–Crippen MR) is 111 cm³/mol. The highest BCUT2D eigenvalue weighted by atomic mass is 16.2. The number of nitrogens with zero attached hydrogens (tertiary/aromatic N) is 2. The molecule has 0 bridgehead atoms. The van der Waals surface area contributed by atoms with Crippen LogP contribution in [0.4, 0.5) is 5.82 Å². The third-order valence-electron chi connectivity index (χ3n) is 5.94. The molecule has 1 aromatic heterocycles. The number of carbonyl (C=O) groups is 2. The van der Waals surface area contributed by atoms with E-state index in [1.165, 1.54) is 4.90 Å². The summed E-state index contributed by atoms with van der Waals surface area (Å²) in [5.41, 5.74) is 2.10. The van der Waals surface area contributed by atoms with Gasteiger partial charge >= 0.3 is 0 Å². The number of hydrogen-bond acceptors (Lipinski definition) is 3. The van der Waals surface area contributed by atoms with Crippen molar-refractivity contribution in [2.24, 2.45) is 11.8 Å². The highest BCUT2D eigenvalue weighted by molar-refractivity contribution is 6.22. The van der Waals surface area contributed by atoms with Gasteiger partial charge < -0.3 is 0 Å².